The Bertz CT molecular complexity index is 709. The Morgan fingerprint density at radius 3 is 2.90 bits per heavy atom. The molecule has 0 atom stereocenters. The molecule has 0 radical (unpaired) electrons. The zero-order valence-electron chi connectivity index (χ0n) is 10.5. The number of carbonyl (C=O) groups excluding carboxylic acids is 1. The van der Waals surface area contributed by atoms with Crippen LogP contribution in [0.1, 0.15) is 15.9 Å². The van der Waals surface area contributed by atoms with E-state index in [0.29, 0.717) is 5.56 Å². The van der Waals surface area contributed by atoms with Crippen molar-refractivity contribution in [2.24, 2.45) is 0 Å². The molecule has 2 aromatic rings. The first-order valence-corrected chi connectivity index (χ1v) is 6.18. The van der Waals surface area contributed by atoms with Crippen molar-refractivity contribution in [1.82, 2.24) is 10.3 Å². The number of nitro groups is 1. The van der Waals surface area contributed by atoms with Crippen LogP contribution in [0.5, 0.6) is 0 Å². The smallest absolute Gasteiger partial charge is 0.269 e. The van der Waals surface area contributed by atoms with Gasteiger partial charge in [0, 0.05) is 18.7 Å². The molecule has 0 spiro atoms. The highest BCUT2D eigenvalue weighted by atomic mass is 35.5. The van der Waals surface area contributed by atoms with Crippen LogP contribution in [0, 0.1) is 15.9 Å². The highest BCUT2D eigenvalue weighted by molar-refractivity contribution is 6.32. The molecule has 0 aliphatic heterocycles. The molecule has 6 nitrogen and oxygen atoms in total. The van der Waals surface area contributed by atoms with Crippen LogP contribution >= 0.6 is 11.6 Å². The van der Waals surface area contributed by atoms with Crippen LogP contribution in [0.15, 0.2) is 36.5 Å². The molecular weight excluding hydrogens is 301 g/mol. The van der Waals surface area contributed by atoms with Crippen LogP contribution in [0.25, 0.3) is 0 Å². The average Bonchev–Trinajstić information content (AvgIpc) is 2.47. The number of carbonyl (C=O) groups is 1. The van der Waals surface area contributed by atoms with Crippen molar-refractivity contribution >= 4 is 23.2 Å². The van der Waals surface area contributed by atoms with Gasteiger partial charge in [-0.2, -0.15) is 0 Å². The average molecular weight is 310 g/mol. The van der Waals surface area contributed by atoms with Crippen molar-refractivity contribution in [3.8, 4) is 0 Å². The molecule has 108 valence electrons. The van der Waals surface area contributed by atoms with E-state index in [1.807, 2.05) is 0 Å². The van der Waals surface area contributed by atoms with Crippen LogP contribution in [0.4, 0.5) is 10.1 Å². The Hall–Kier alpha value is -2.54. The summed E-state index contributed by atoms with van der Waals surface area (Å²) in [7, 11) is 0. The molecular formula is C13H9ClFN3O3. The maximum atomic E-state index is 13.0. The van der Waals surface area contributed by atoms with E-state index in [0.717, 1.165) is 12.3 Å². The van der Waals surface area contributed by atoms with Gasteiger partial charge in [-0.1, -0.05) is 23.7 Å². The maximum absolute atomic E-state index is 13.0. The van der Waals surface area contributed by atoms with Gasteiger partial charge >= 0.3 is 0 Å². The standard InChI is InChI=1S/C13H9ClFN3O3/c14-12-11(5-9(15)7-16-12)13(19)17-6-8-2-1-3-10(4-8)18(20)21/h1-5,7H,6H2,(H,17,19). The lowest BCUT2D eigenvalue weighted by molar-refractivity contribution is -0.384. The Labute approximate surface area is 123 Å². The van der Waals surface area contributed by atoms with Gasteiger partial charge in [0.15, 0.2) is 0 Å². The van der Waals surface area contributed by atoms with Crippen LogP contribution < -0.4 is 5.32 Å². The monoisotopic (exact) mass is 309 g/mol. The van der Waals surface area contributed by atoms with E-state index in [4.69, 9.17) is 11.6 Å². The number of aromatic nitrogens is 1. The fourth-order valence-corrected chi connectivity index (χ4v) is 1.83. The van der Waals surface area contributed by atoms with Crippen LogP contribution in [-0.4, -0.2) is 15.8 Å². The van der Waals surface area contributed by atoms with Crippen molar-refractivity contribution in [3.63, 3.8) is 0 Å². The van der Waals surface area contributed by atoms with Gasteiger partial charge in [0.25, 0.3) is 11.6 Å². The molecule has 21 heavy (non-hydrogen) atoms. The Morgan fingerprint density at radius 1 is 1.43 bits per heavy atom. The fraction of sp³-hybridized carbons (Fsp3) is 0.0769. The summed E-state index contributed by atoms with van der Waals surface area (Å²) >= 11 is 5.71. The quantitative estimate of drug-likeness (QED) is 0.534. The predicted molar refractivity (Wildman–Crippen MR) is 73.5 cm³/mol. The van der Waals surface area contributed by atoms with E-state index in [9.17, 15) is 19.3 Å². The highest BCUT2D eigenvalue weighted by Crippen LogP contribution is 2.15. The minimum Gasteiger partial charge on any atom is -0.348 e. The number of hydrogen-bond acceptors (Lipinski definition) is 4. The van der Waals surface area contributed by atoms with Crippen molar-refractivity contribution in [2.75, 3.05) is 0 Å². The largest absolute Gasteiger partial charge is 0.348 e. The number of nitro benzene ring substituents is 1. The van der Waals surface area contributed by atoms with Crippen LogP contribution in [0.3, 0.4) is 0 Å². The van der Waals surface area contributed by atoms with E-state index in [2.05, 4.69) is 10.3 Å². The molecule has 1 N–H and O–H groups in total. The first-order valence-electron chi connectivity index (χ1n) is 5.80. The van der Waals surface area contributed by atoms with Gasteiger partial charge in [-0.05, 0) is 11.6 Å². The summed E-state index contributed by atoms with van der Waals surface area (Å²) in [5, 5.41) is 13.0. The number of amides is 1. The molecule has 2 rings (SSSR count). The van der Waals surface area contributed by atoms with E-state index < -0.39 is 16.6 Å². The van der Waals surface area contributed by atoms with Crippen molar-refractivity contribution in [3.05, 3.63) is 68.7 Å². The lowest BCUT2D eigenvalue weighted by Crippen LogP contribution is -2.23. The number of hydrogen-bond donors (Lipinski definition) is 1. The zero-order chi connectivity index (χ0) is 15.4. The third-order valence-electron chi connectivity index (χ3n) is 2.62. The lowest BCUT2D eigenvalue weighted by atomic mass is 10.2. The highest BCUT2D eigenvalue weighted by Gasteiger charge is 2.13. The molecule has 0 bridgehead atoms. The molecule has 0 unspecified atom stereocenters. The second kappa shape index (κ2) is 6.27. The van der Waals surface area contributed by atoms with Crippen molar-refractivity contribution in [1.29, 1.82) is 0 Å². The van der Waals surface area contributed by atoms with Gasteiger partial charge in [-0.25, -0.2) is 9.37 Å². The molecule has 0 saturated heterocycles. The topological polar surface area (TPSA) is 85.1 Å². The molecule has 8 heteroatoms. The summed E-state index contributed by atoms with van der Waals surface area (Å²) < 4.78 is 13.0. The third kappa shape index (κ3) is 3.73. The summed E-state index contributed by atoms with van der Waals surface area (Å²) in [6.07, 6.45) is 0.902. The minimum atomic E-state index is -0.681. The predicted octanol–water partition coefficient (Wildman–Crippen LogP) is 2.71. The summed E-state index contributed by atoms with van der Waals surface area (Å²) in [5.41, 5.74) is 0.368. The molecule has 0 fully saturated rings. The van der Waals surface area contributed by atoms with Gasteiger partial charge in [0.2, 0.25) is 0 Å². The van der Waals surface area contributed by atoms with Crippen LogP contribution in [-0.2, 0) is 6.54 Å². The molecule has 1 amide bonds. The first kappa shape index (κ1) is 14.9. The van der Waals surface area contributed by atoms with Gasteiger partial charge in [-0.15, -0.1) is 0 Å². The van der Waals surface area contributed by atoms with Gasteiger partial charge < -0.3 is 5.32 Å². The van der Waals surface area contributed by atoms with Crippen molar-refractivity contribution < 1.29 is 14.1 Å². The molecule has 0 aliphatic rings. The molecule has 1 aromatic carbocycles. The van der Waals surface area contributed by atoms with Gasteiger partial charge in [-0.3, -0.25) is 14.9 Å². The normalized spacial score (nSPS) is 10.2. The van der Waals surface area contributed by atoms with Gasteiger partial charge in [0.1, 0.15) is 11.0 Å². The maximum Gasteiger partial charge on any atom is 0.269 e. The molecule has 0 aliphatic carbocycles. The number of nitrogens with zero attached hydrogens (tertiary/aromatic N) is 2. The summed E-state index contributed by atoms with van der Waals surface area (Å²) in [6.45, 7) is 0.0490. The number of pyridine rings is 1. The minimum absolute atomic E-state index is 0.0490. The number of non-ortho nitro benzene ring substituents is 1. The lowest BCUT2D eigenvalue weighted by Gasteiger charge is -2.06. The fourth-order valence-electron chi connectivity index (χ4n) is 1.64. The van der Waals surface area contributed by atoms with E-state index in [1.54, 1.807) is 6.07 Å². The second-order valence-electron chi connectivity index (χ2n) is 4.10. The first-order chi connectivity index (χ1) is 9.97. The molecule has 0 saturated carbocycles. The summed E-state index contributed by atoms with van der Waals surface area (Å²) in [5.74, 6) is -1.29. The Kier molecular flexibility index (Phi) is 4.44. The number of benzene rings is 1. The molecule has 1 heterocycles. The summed E-state index contributed by atoms with van der Waals surface area (Å²) in [4.78, 5) is 25.5. The Morgan fingerprint density at radius 2 is 2.19 bits per heavy atom. The van der Waals surface area contributed by atoms with Crippen molar-refractivity contribution in [2.45, 2.75) is 6.54 Å². The number of rotatable bonds is 4. The van der Waals surface area contributed by atoms with E-state index >= 15 is 0 Å². The van der Waals surface area contributed by atoms with Gasteiger partial charge in [0.05, 0.1) is 16.7 Å². The molecule has 1 aromatic heterocycles. The number of nitrogens with one attached hydrogen (secondary N) is 1. The Balaban J connectivity index is 2.09. The zero-order valence-corrected chi connectivity index (χ0v) is 11.3. The van der Waals surface area contributed by atoms with E-state index in [-0.39, 0.29) is 22.9 Å². The van der Waals surface area contributed by atoms with E-state index in [1.165, 1.54) is 18.2 Å². The van der Waals surface area contributed by atoms with Crippen LogP contribution in [0.2, 0.25) is 5.15 Å². The second-order valence-corrected chi connectivity index (χ2v) is 4.46. The SMILES string of the molecule is O=C(NCc1cccc([N+](=O)[O-])c1)c1cc(F)cnc1Cl. The third-order valence-corrected chi connectivity index (χ3v) is 2.93. The summed E-state index contributed by atoms with van der Waals surface area (Å²) in [6, 6.07) is 6.79. The number of halogens is 2.